The lowest BCUT2D eigenvalue weighted by Crippen LogP contribution is -2.13. The number of nitrogens with one attached hydrogen (secondary N) is 1. The first-order chi connectivity index (χ1) is 12.2. The van der Waals surface area contributed by atoms with Gasteiger partial charge in [-0.25, -0.2) is 0 Å². The number of aliphatic hydroxyl groups is 1. The first kappa shape index (κ1) is 17.0. The van der Waals surface area contributed by atoms with Crippen molar-refractivity contribution in [3.63, 3.8) is 0 Å². The summed E-state index contributed by atoms with van der Waals surface area (Å²) in [5.74, 6) is 0.633. The predicted molar refractivity (Wildman–Crippen MR) is 99.8 cm³/mol. The van der Waals surface area contributed by atoms with Crippen molar-refractivity contribution in [2.45, 2.75) is 18.9 Å². The number of carbonyl (C=O) groups excluding carboxylic acids is 1. The molecule has 25 heavy (non-hydrogen) atoms. The van der Waals surface area contributed by atoms with Gasteiger partial charge in [0.05, 0.1) is 13.2 Å². The fourth-order valence-electron chi connectivity index (χ4n) is 2.81. The minimum Gasteiger partial charge on any atom is -0.497 e. The van der Waals surface area contributed by atoms with Gasteiger partial charge in [-0.05, 0) is 35.6 Å². The molecule has 128 valence electrons. The molecule has 0 aromatic heterocycles. The van der Waals surface area contributed by atoms with Crippen molar-refractivity contribution in [3.8, 4) is 5.75 Å². The maximum Gasteiger partial charge on any atom is 0.224 e. The second-order valence-corrected chi connectivity index (χ2v) is 5.90. The Kier molecular flexibility index (Phi) is 5.31. The van der Waals surface area contributed by atoms with Gasteiger partial charge in [0.2, 0.25) is 5.91 Å². The Hall–Kier alpha value is -2.85. The van der Waals surface area contributed by atoms with Crippen LogP contribution in [0.2, 0.25) is 0 Å². The molecule has 3 rings (SSSR count). The second kappa shape index (κ2) is 7.81. The summed E-state index contributed by atoms with van der Waals surface area (Å²) < 4.78 is 5.10. The zero-order chi connectivity index (χ0) is 17.6. The van der Waals surface area contributed by atoms with E-state index in [-0.39, 0.29) is 12.3 Å². The molecule has 0 radical (unpaired) electrons. The van der Waals surface area contributed by atoms with E-state index in [0.29, 0.717) is 6.42 Å². The van der Waals surface area contributed by atoms with E-state index in [0.717, 1.165) is 27.8 Å². The molecule has 0 aliphatic carbocycles. The normalized spacial score (nSPS) is 11.9. The number of amides is 1. The standard InChI is InChI=1S/C21H21NO3/c1-25-17-11-9-16(10-12-17)20(23)13-14-21(24)22-19-8-4-6-15-5-2-3-7-18(15)19/h2-12,20,23H,13-14H2,1H3,(H,22,24). The van der Waals surface area contributed by atoms with Gasteiger partial charge in [0.25, 0.3) is 0 Å². The minimum absolute atomic E-state index is 0.107. The number of benzene rings is 3. The number of fused-ring (bicyclic) bond motifs is 1. The molecule has 1 amide bonds. The van der Waals surface area contributed by atoms with Gasteiger partial charge in [-0.2, -0.15) is 0 Å². The quantitative estimate of drug-likeness (QED) is 0.706. The van der Waals surface area contributed by atoms with Crippen LogP contribution in [-0.2, 0) is 4.79 Å². The molecule has 0 spiro atoms. The fourth-order valence-corrected chi connectivity index (χ4v) is 2.81. The highest BCUT2D eigenvalue weighted by Gasteiger charge is 2.12. The molecular formula is C21H21NO3. The Labute approximate surface area is 147 Å². The number of methoxy groups -OCH3 is 1. The lowest BCUT2D eigenvalue weighted by molar-refractivity contribution is -0.116. The van der Waals surface area contributed by atoms with Crippen molar-refractivity contribution in [1.82, 2.24) is 0 Å². The number of rotatable bonds is 6. The van der Waals surface area contributed by atoms with Crippen LogP contribution in [0.3, 0.4) is 0 Å². The Bertz CT molecular complexity index is 853. The van der Waals surface area contributed by atoms with Gasteiger partial charge in [-0.1, -0.05) is 48.5 Å². The first-order valence-electron chi connectivity index (χ1n) is 8.27. The van der Waals surface area contributed by atoms with Crippen molar-refractivity contribution < 1.29 is 14.6 Å². The number of hydrogen-bond acceptors (Lipinski definition) is 3. The van der Waals surface area contributed by atoms with Gasteiger partial charge in [0, 0.05) is 17.5 Å². The fraction of sp³-hybridized carbons (Fsp3) is 0.190. The van der Waals surface area contributed by atoms with Gasteiger partial charge in [0.15, 0.2) is 0 Å². The highest BCUT2D eigenvalue weighted by molar-refractivity contribution is 6.02. The van der Waals surface area contributed by atoms with Crippen LogP contribution in [0, 0.1) is 0 Å². The van der Waals surface area contributed by atoms with E-state index in [1.54, 1.807) is 19.2 Å². The van der Waals surface area contributed by atoms with Crippen molar-refractivity contribution in [2.75, 3.05) is 12.4 Å². The van der Waals surface area contributed by atoms with Crippen molar-refractivity contribution in [3.05, 3.63) is 72.3 Å². The number of anilines is 1. The molecular weight excluding hydrogens is 314 g/mol. The Morgan fingerprint density at radius 3 is 2.52 bits per heavy atom. The molecule has 0 bridgehead atoms. The molecule has 0 aliphatic heterocycles. The summed E-state index contributed by atoms with van der Waals surface area (Å²) in [4.78, 5) is 12.3. The summed E-state index contributed by atoms with van der Waals surface area (Å²) in [7, 11) is 1.60. The summed E-state index contributed by atoms with van der Waals surface area (Å²) in [6.45, 7) is 0. The average Bonchev–Trinajstić information content (AvgIpc) is 2.66. The summed E-state index contributed by atoms with van der Waals surface area (Å²) in [5.41, 5.74) is 1.57. The van der Waals surface area contributed by atoms with Crippen LogP contribution in [0.4, 0.5) is 5.69 Å². The molecule has 4 heteroatoms. The van der Waals surface area contributed by atoms with Gasteiger partial charge in [-0.3, -0.25) is 4.79 Å². The molecule has 0 fully saturated rings. The molecule has 1 atom stereocenters. The van der Waals surface area contributed by atoms with E-state index in [9.17, 15) is 9.90 Å². The summed E-state index contributed by atoms with van der Waals surface area (Å²) >= 11 is 0. The van der Waals surface area contributed by atoms with Crippen LogP contribution in [0.15, 0.2) is 66.7 Å². The van der Waals surface area contributed by atoms with Crippen molar-refractivity contribution in [1.29, 1.82) is 0 Å². The van der Waals surface area contributed by atoms with Crippen LogP contribution in [0.25, 0.3) is 10.8 Å². The maximum atomic E-state index is 12.3. The number of carbonyl (C=O) groups is 1. The van der Waals surface area contributed by atoms with Crippen LogP contribution in [0.5, 0.6) is 5.75 Å². The SMILES string of the molecule is COc1ccc(C(O)CCC(=O)Nc2cccc3ccccc23)cc1. The topological polar surface area (TPSA) is 58.6 Å². The largest absolute Gasteiger partial charge is 0.497 e. The predicted octanol–water partition coefficient (Wildman–Crippen LogP) is 4.30. The highest BCUT2D eigenvalue weighted by atomic mass is 16.5. The van der Waals surface area contributed by atoms with Gasteiger partial charge in [0.1, 0.15) is 5.75 Å². The molecule has 2 N–H and O–H groups in total. The smallest absolute Gasteiger partial charge is 0.224 e. The van der Waals surface area contributed by atoms with E-state index in [4.69, 9.17) is 4.74 Å². The number of hydrogen-bond donors (Lipinski definition) is 2. The van der Waals surface area contributed by atoms with E-state index in [2.05, 4.69) is 5.32 Å². The zero-order valence-corrected chi connectivity index (χ0v) is 14.1. The lowest BCUT2D eigenvalue weighted by atomic mass is 10.0. The van der Waals surface area contributed by atoms with Crippen LogP contribution in [-0.4, -0.2) is 18.1 Å². The number of aliphatic hydroxyl groups excluding tert-OH is 1. The third kappa shape index (κ3) is 4.17. The minimum atomic E-state index is -0.677. The molecule has 0 aliphatic rings. The lowest BCUT2D eigenvalue weighted by Gasteiger charge is -2.12. The van der Waals surface area contributed by atoms with E-state index in [1.165, 1.54) is 0 Å². The Morgan fingerprint density at radius 1 is 1.04 bits per heavy atom. The van der Waals surface area contributed by atoms with Gasteiger partial charge in [-0.15, -0.1) is 0 Å². The van der Waals surface area contributed by atoms with Crippen molar-refractivity contribution in [2.24, 2.45) is 0 Å². The van der Waals surface area contributed by atoms with Gasteiger partial charge < -0.3 is 15.2 Å². The average molecular weight is 335 g/mol. The summed E-state index contributed by atoms with van der Waals surface area (Å²) in [6.07, 6.45) is -0.0662. The highest BCUT2D eigenvalue weighted by Crippen LogP contribution is 2.24. The summed E-state index contributed by atoms with van der Waals surface area (Å²) in [5, 5.41) is 15.3. The molecule has 3 aromatic rings. The van der Waals surface area contributed by atoms with E-state index >= 15 is 0 Å². The Morgan fingerprint density at radius 2 is 1.76 bits per heavy atom. The molecule has 0 saturated heterocycles. The van der Waals surface area contributed by atoms with Crippen LogP contribution < -0.4 is 10.1 Å². The third-order valence-electron chi connectivity index (χ3n) is 4.21. The van der Waals surface area contributed by atoms with Crippen molar-refractivity contribution >= 4 is 22.4 Å². The monoisotopic (exact) mass is 335 g/mol. The second-order valence-electron chi connectivity index (χ2n) is 5.90. The first-order valence-corrected chi connectivity index (χ1v) is 8.27. The van der Waals surface area contributed by atoms with Gasteiger partial charge >= 0.3 is 0 Å². The summed E-state index contributed by atoms with van der Waals surface area (Å²) in [6, 6.07) is 21.0. The number of ether oxygens (including phenoxy) is 1. The third-order valence-corrected chi connectivity index (χ3v) is 4.21. The van der Waals surface area contributed by atoms with E-state index in [1.807, 2.05) is 54.6 Å². The molecule has 0 saturated carbocycles. The Balaban J connectivity index is 1.60. The van der Waals surface area contributed by atoms with E-state index < -0.39 is 6.10 Å². The maximum absolute atomic E-state index is 12.3. The molecule has 4 nitrogen and oxygen atoms in total. The molecule has 3 aromatic carbocycles. The zero-order valence-electron chi connectivity index (χ0n) is 14.1. The van der Waals surface area contributed by atoms with Crippen LogP contribution >= 0.6 is 0 Å². The molecule has 1 unspecified atom stereocenters. The molecule has 0 heterocycles. The van der Waals surface area contributed by atoms with Crippen LogP contribution in [0.1, 0.15) is 24.5 Å².